The first-order chi connectivity index (χ1) is 12.5. The lowest BCUT2D eigenvalue weighted by molar-refractivity contribution is 0.0398. The predicted molar refractivity (Wildman–Crippen MR) is 102 cm³/mol. The van der Waals surface area contributed by atoms with E-state index in [1.807, 2.05) is 19.1 Å². The molecule has 140 valence electrons. The number of rotatable bonds is 7. The van der Waals surface area contributed by atoms with Gasteiger partial charge in [-0.1, -0.05) is 12.1 Å². The highest BCUT2D eigenvalue weighted by atomic mass is 32.2. The molecule has 7 nitrogen and oxygen atoms in total. The van der Waals surface area contributed by atoms with E-state index in [9.17, 15) is 8.42 Å². The number of ether oxygens (including phenoxy) is 1. The van der Waals surface area contributed by atoms with Gasteiger partial charge in [-0.05, 0) is 36.8 Å². The molecule has 1 aromatic carbocycles. The van der Waals surface area contributed by atoms with Crippen LogP contribution in [0.3, 0.4) is 0 Å². The molecule has 1 aliphatic heterocycles. The van der Waals surface area contributed by atoms with E-state index in [0.29, 0.717) is 5.82 Å². The number of benzene rings is 1. The fraction of sp³-hybridized carbons (Fsp3) is 0.389. The molecule has 26 heavy (non-hydrogen) atoms. The minimum Gasteiger partial charge on any atom is -0.383 e. The zero-order valence-corrected chi connectivity index (χ0v) is 15.6. The summed E-state index contributed by atoms with van der Waals surface area (Å²) < 4.78 is 32.6. The second kappa shape index (κ2) is 8.48. The monoisotopic (exact) mass is 376 g/mol. The summed E-state index contributed by atoms with van der Waals surface area (Å²) in [4.78, 5) is 6.76. The van der Waals surface area contributed by atoms with Crippen molar-refractivity contribution < 1.29 is 13.2 Å². The zero-order chi connectivity index (χ0) is 18.4. The normalized spacial score (nSPS) is 15.6. The lowest BCUT2D eigenvalue weighted by atomic mass is 10.2. The Morgan fingerprint density at radius 2 is 2.00 bits per heavy atom. The Balaban J connectivity index is 1.54. The molecule has 0 spiro atoms. The van der Waals surface area contributed by atoms with Crippen LogP contribution in [-0.2, 0) is 14.8 Å². The van der Waals surface area contributed by atoms with Crippen LogP contribution < -0.4 is 10.0 Å². The summed E-state index contributed by atoms with van der Waals surface area (Å²) in [5.74, 6) is 0.297. The summed E-state index contributed by atoms with van der Waals surface area (Å²) in [5, 5.41) is 3.30. The summed E-state index contributed by atoms with van der Waals surface area (Å²) in [6.45, 7) is 7.09. The molecule has 0 atom stereocenters. The van der Waals surface area contributed by atoms with Crippen molar-refractivity contribution >= 4 is 21.5 Å². The van der Waals surface area contributed by atoms with Gasteiger partial charge >= 0.3 is 0 Å². The molecular weight excluding hydrogens is 352 g/mol. The molecule has 1 saturated heterocycles. The summed E-state index contributed by atoms with van der Waals surface area (Å²) in [5.41, 5.74) is 1.75. The van der Waals surface area contributed by atoms with Crippen molar-refractivity contribution in [3.05, 3.63) is 48.2 Å². The summed E-state index contributed by atoms with van der Waals surface area (Å²) in [6.07, 6.45) is 1.63. The van der Waals surface area contributed by atoms with Gasteiger partial charge in [0.15, 0.2) is 0 Å². The van der Waals surface area contributed by atoms with Gasteiger partial charge in [-0.25, -0.2) is 13.4 Å². The number of nitrogens with one attached hydrogen (secondary N) is 2. The van der Waals surface area contributed by atoms with Gasteiger partial charge in [0.25, 0.3) is 10.0 Å². The van der Waals surface area contributed by atoms with Crippen LogP contribution in [0.15, 0.2) is 47.5 Å². The first kappa shape index (κ1) is 18.6. The van der Waals surface area contributed by atoms with Crippen LogP contribution in [0.25, 0.3) is 0 Å². The summed E-state index contributed by atoms with van der Waals surface area (Å²) in [6, 6.07) is 10.2. The second-order valence-electron chi connectivity index (χ2n) is 6.23. The van der Waals surface area contributed by atoms with E-state index >= 15 is 0 Å². The number of pyridine rings is 1. The minimum absolute atomic E-state index is 0.229. The molecule has 0 bridgehead atoms. The third-order valence-corrected chi connectivity index (χ3v) is 5.52. The molecule has 0 saturated carbocycles. The first-order valence-corrected chi connectivity index (χ1v) is 10.1. The molecule has 0 unspecified atom stereocenters. The second-order valence-corrected chi connectivity index (χ2v) is 7.92. The van der Waals surface area contributed by atoms with Crippen LogP contribution in [-0.4, -0.2) is 57.7 Å². The van der Waals surface area contributed by atoms with E-state index in [-0.39, 0.29) is 4.90 Å². The van der Waals surface area contributed by atoms with E-state index in [2.05, 4.69) is 19.9 Å². The van der Waals surface area contributed by atoms with Gasteiger partial charge in [-0.15, -0.1) is 0 Å². The number of aromatic nitrogens is 1. The van der Waals surface area contributed by atoms with Crippen LogP contribution >= 0.6 is 0 Å². The van der Waals surface area contributed by atoms with Crippen LogP contribution in [0.4, 0.5) is 11.5 Å². The Morgan fingerprint density at radius 3 is 2.69 bits per heavy atom. The SMILES string of the molecule is Cc1cccc(S(=O)(=O)Nc2ccc(NCCN3CCOCC3)cn2)c1. The fourth-order valence-corrected chi connectivity index (χ4v) is 3.83. The largest absolute Gasteiger partial charge is 0.383 e. The number of morpholine rings is 1. The summed E-state index contributed by atoms with van der Waals surface area (Å²) in [7, 11) is -3.63. The highest BCUT2D eigenvalue weighted by Crippen LogP contribution is 2.16. The van der Waals surface area contributed by atoms with E-state index in [4.69, 9.17) is 4.74 Å². The van der Waals surface area contributed by atoms with Crippen molar-refractivity contribution in [2.45, 2.75) is 11.8 Å². The minimum atomic E-state index is -3.63. The Morgan fingerprint density at radius 1 is 1.19 bits per heavy atom. The van der Waals surface area contributed by atoms with E-state index in [0.717, 1.165) is 50.6 Å². The number of hydrogen-bond donors (Lipinski definition) is 2. The number of nitrogens with zero attached hydrogens (tertiary/aromatic N) is 2. The van der Waals surface area contributed by atoms with E-state index in [1.54, 1.807) is 30.5 Å². The third kappa shape index (κ3) is 5.17. The van der Waals surface area contributed by atoms with Gasteiger partial charge in [0, 0.05) is 26.2 Å². The lowest BCUT2D eigenvalue weighted by Crippen LogP contribution is -2.39. The van der Waals surface area contributed by atoms with Crippen LogP contribution in [0.5, 0.6) is 0 Å². The predicted octanol–water partition coefficient (Wildman–Crippen LogP) is 1.93. The molecule has 3 rings (SSSR count). The van der Waals surface area contributed by atoms with Gasteiger partial charge < -0.3 is 10.1 Å². The quantitative estimate of drug-likeness (QED) is 0.768. The molecule has 1 fully saturated rings. The number of aryl methyl sites for hydroxylation is 1. The molecular formula is C18H24N4O3S. The van der Waals surface area contributed by atoms with Crippen molar-refractivity contribution in [1.29, 1.82) is 0 Å². The first-order valence-electron chi connectivity index (χ1n) is 8.62. The average molecular weight is 376 g/mol. The highest BCUT2D eigenvalue weighted by molar-refractivity contribution is 7.92. The standard InChI is InChI=1S/C18H24N4O3S/c1-15-3-2-4-17(13-15)26(23,24)21-18-6-5-16(14-20-18)19-7-8-22-9-11-25-12-10-22/h2-6,13-14,19H,7-12H2,1H3,(H,20,21). The molecule has 0 radical (unpaired) electrons. The van der Waals surface area contributed by atoms with Gasteiger partial charge in [0.1, 0.15) is 5.82 Å². The van der Waals surface area contributed by atoms with Gasteiger partial charge in [0.2, 0.25) is 0 Å². The van der Waals surface area contributed by atoms with Gasteiger partial charge in [0.05, 0.1) is 30.0 Å². The Kier molecular flexibility index (Phi) is 6.08. The van der Waals surface area contributed by atoms with Crippen molar-refractivity contribution in [3.8, 4) is 0 Å². The highest BCUT2D eigenvalue weighted by Gasteiger charge is 2.15. The van der Waals surface area contributed by atoms with Gasteiger partial charge in [-0.3, -0.25) is 9.62 Å². The maximum atomic E-state index is 12.4. The van der Waals surface area contributed by atoms with E-state index in [1.165, 1.54) is 0 Å². The van der Waals surface area contributed by atoms with Crippen molar-refractivity contribution in [2.75, 3.05) is 49.4 Å². The molecule has 1 aliphatic rings. The van der Waals surface area contributed by atoms with Crippen LogP contribution in [0, 0.1) is 6.92 Å². The number of hydrogen-bond acceptors (Lipinski definition) is 6. The Hall–Kier alpha value is -2.16. The van der Waals surface area contributed by atoms with Crippen LogP contribution in [0.2, 0.25) is 0 Å². The van der Waals surface area contributed by atoms with Crippen molar-refractivity contribution in [2.24, 2.45) is 0 Å². The average Bonchev–Trinajstić information content (AvgIpc) is 2.64. The maximum absolute atomic E-state index is 12.4. The topological polar surface area (TPSA) is 83.6 Å². The maximum Gasteiger partial charge on any atom is 0.263 e. The van der Waals surface area contributed by atoms with Crippen molar-refractivity contribution in [1.82, 2.24) is 9.88 Å². The Labute approximate surface area is 154 Å². The molecule has 1 aromatic heterocycles. The number of sulfonamides is 1. The Bertz CT molecular complexity index is 819. The van der Waals surface area contributed by atoms with Crippen molar-refractivity contribution in [3.63, 3.8) is 0 Å². The summed E-state index contributed by atoms with van der Waals surface area (Å²) >= 11 is 0. The van der Waals surface area contributed by atoms with Crippen LogP contribution in [0.1, 0.15) is 5.56 Å². The third-order valence-electron chi connectivity index (χ3n) is 4.16. The lowest BCUT2D eigenvalue weighted by Gasteiger charge is -2.26. The molecule has 0 aliphatic carbocycles. The zero-order valence-electron chi connectivity index (χ0n) is 14.8. The molecule has 2 N–H and O–H groups in total. The fourth-order valence-electron chi connectivity index (χ4n) is 2.72. The smallest absolute Gasteiger partial charge is 0.263 e. The molecule has 2 heterocycles. The van der Waals surface area contributed by atoms with Gasteiger partial charge in [-0.2, -0.15) is 0 Å². The molecule has 8 heteroatoms. The molecule has 0 amide bonds. The number of anilines is 2. The van der Waals surface area contributed by atoms with E-state index < -0.39 is 10.0 Å². The molecule has 2 aromatic rings.